The summed E-state index contributed by atoms with van der Waals surface area (Å²) in [6.07, 6.45) is 2.47. The van der Waals surface area contributed by atoms with E-state index in [2.05, 4.69) is 4.74 Å². The van der Waals surface area contributed by atoms with Crippen molar-refractivity contribution in [2.45, 2.75) is 20.3 Å². The molecule has 4 heteroatoms. The maximum Gasteiger partial charge on any atom is 0.333 e. The van der Waals surface area contributed by atoms with E-state index in [-0.39, 0.29) is 23.8 Å². The molecule has 0 N–H and O–H groups in total. The van der Waals surface area contributed by atoms with E-state index >= 15 is 0 Å². The third kappa shape index (κ3) is 2.81. The number of esters is 2. The van der Waals surface area contributed by atoms with Crippen molar-refractivity contribution in [2.24, 2.45) is 11.8 Å². The lowest BCUT2D eigenvalue weighted by Crippen LogP contribution is -2.11. The number of carbonyl (C=O) groups is 2. The molecule has 0 radical (unpaired) electrons. The minimum Gasteiger partial charge on any atom is -0.466 e. The van der Waals surface area contributed by atoms with Gasteiger partial charge in [-0.2, -0.15) is 0 Å². The van der Waals surface area contributed by atoms with E-state index in [0.29, 0.717) is 18.6 Å². The second-order valence-electron chi connectivity index (χ2n) is 3.79. The first kappa shape index (κ1) is 11.8. The molecule has 0 amide bonds. The van der Waals surface area contributed by atoms with Crippen molar-refractivity contribution < 1.29 is 19.1 Å². The number of cyclic esters (lactones) is 1. The Bertz CT molecular complexity index is 293. The lowest BCUT2D eigenvalue weighted by molar-refractivity contribution is -0.140. The van der Waals surface area contributed by atoms with Gasteiger partial charge in [-0.25, -0.2) is 4.79 Å². The van der Waals surface area contributed by atoms with Gasteiger partial charge in [0, 0.05) is 11.5 Å². The van der Waals surface area contributed by atoms with Crippen LogP contribution in [0.5, 0.6) is 0 Å². The highest BCUT2D eigenvalue weighted by Crippen LogP contribution is 2.25. The predicted octanol–water partition coefficient (Wildman–Crippen LogP) is 1.30. The monoisotopic (exact) mass is 212 g/mol. The van der Waals surface area contributed by atoms with Crippen LogP contribution >= 0.6 is 0 Å². The third-order valence-corrected chi connectivity index (χ3v) is 2.75. The molecule has 0 aromatic heterocycles. The molecule has 1 aliphatic heterocycles. The summed E-state index contributed by atoms with van der Waals surface area (Å²) in [6.45, 7) is 4.00. The fraction of sp³-hybridized carbons (Fsp3) is 0.636. The minimum absolute atomic E-state index is 0.0771. The standard InChI is InChI=1S/C11H16O4/c1-7(10(12)14-3)4-5-9-6-15-11(13)8(9)2/h4,8-9H,5-6H2,1-3H3/b7-4+/t8-,9+/m1/s1. The molecule has 1 aliphatic rings. The van der Waals surface area contributed by atoms with Crippen LogP contribution in [-0.4, -0.2) is 25.7 Å². The second kappa shape index (κ2) is 4.96. The number of hydrogen-bond acceptors (Lipinski definition) is 4. The van der Waals surface area contributed by atoms with Crippen molar-refractivity contribution >= 4 is 11.9 Å². The Balaban J connectivity index is 2.50. The molecule has 2 atom stereocenters. The summed E-state index contributed by atoms with van der Waals surface area (Å²) in [5.74, 6) is -0.374. The SMILES string of the molecule is COC(=O)/C(C)=C/C[C@H]1COC(=O)[C@@H]1C. The summed E-state index contributed by atoms with van der Waals surface area (Å²) in [4.78, 5) is 22.2. The highest BCUT2D eigenvalue weighted by atomic mass is 16.5. The molecule has 1 rings (SSSR count). The average molecular weight is 212 g/mol. The largest absolute Gasteiger partial charge is 0.466 e. The molecule has 0 aliphatic carbocycles. The Kier molecular flexibility index (Phi) is 3.88. The maximum atomic E-state index is 11.1. The van der Waals surface area contributed by atoms with Gasteiger partial charge in [0.25, 0.3) is 0 Å². The molecular formula is C11H16O4. The summed E-state index contributed by atoms with van der Waals surface area (Å²) >= 11 is 0. The van der Waals surface area contributed by atoms with Crippen LogP contribution in [0.15, 0.2) is 11.6 Å². The topological polar surface area (TPSA) is 52.6 Å². The van der Waals surface area contributed by atoms with Gasteiger partial charge >= 0.3 is 11.9 Å². The van der Waals surface area contributed by atoms with Crippen LogP contribution in [0.2, 0.25) is 0 Å². The Morgan fingerprint density at radius 1 is 1.67 bits per heavy atom. The van der Waals surface area contributed by atoms with Crippen molar-refractivity contribution in [3.8, 4) is 0 Å². The van der Waals surface area contributed by atoms with E-state index in [1.165, 1.54) is 7.11 Å². The minimum atomic E-state index is -0.326. The summed E-state index contributed by atoms with van der Waals surface area (Å²) in [5, 5.41) is 0. The van der Waals surface area contributed by atoms with Crippen molar-refractivity contribution in [1.29, 1.82) is 0 Å². The Hall–Kier alpha value is -1.32. The molecule has 0 aromatic carbocycles. The zero-order valence-electron chi connectivity index (χ0n) is 9.28. The molecule has 84 valence electrons. The summed E-state index contributed by atoms with van der Waals surface area (Å²) in [5.41, 5.74) is 0.573. The van der Waals surface area contributed by atoms with Crippen LogP contribution in [0.4, 0.5) is 0 Å². The highest BCUT2D eigenvalue weighted by Gasteiger charge is 2.32. The molecule has 0 aromatic rings. The lowest BCUT2D eigenvalue weighted by atomic mass is 9.93. The van der Waals surface area contributed by atoms with Crippen LogP contribution < -0.4 is 0 Å². The van der Waals surface area contributed by atoms with E-state index in [1.807, 2.05) is 6.92 Å². The quantitative estimate of drug-likeness (QED) is 0.522. The third-order valence-electron chi connectivity index (χ3n) is 2.75. The van der Waals surface area contributed by atoms with Crippen molar-refractivity contribution in [1.82, 2.24) is 0 Å². The van der Waals surface area contributed by atoms with Crippen molar-refractivity contribution in [2.75, 3.05) is 13.7 Å². The Labute approximate surface area is 89.2 Å². The van der Waals surface area contributed by atoms with Gasteiger partial charge in [-0.05, 0) is 13.3 Å². The lowest BCUT2D eigenvalue weighted by Gasteiger charge is -2.07. The molecule has 1 fully saturated rings. The number of methoxy groups -OCH3 is 1. The van der Waals surface area contributed by atoms with Gasteiger partial charge in [0.15, 0.2) is 0 Å². The molecule has 0 spiro atoms. The molecule has 0 unspecified atom stereocenters. The van der Waals surface area contributed by atoms with Crippen LogP contribution in [0.3, 0.4) is 0 Å². The number of allylic oxidation sites excluding steroid dienone is 1. The van der Waals surface area contributed by atoms with E-state index in [0.717, 1.165) is 0 Å². The maximum absolute atomic E-state index is 11.1. The van der Waals surface area contributed by atoms with Gasteiger partial charge in [0.1, 0.15) is 0 Å². The molecule has 4 nitrogen and oxygen atoms in total. The zero-order chi connectivity index (χ0) is 11.4. The first-order valence-electron chi connectivity index (χ1n) is 4.98. The first-order chi connectivity index (χ1) is 7.06. The van der Waals surface area contributed by atoms with Crippen LogP contribution in [0, 0.1) is 11.8 Å². The van der Waals surface area contributed by atoms with Crippen LogP contribution in [0.1, 0.15) is 20.3 Å². The van der Waals surface area contributed by atoms with Gasteiger partial charge in [0.05, 0.1) is 19.6 Å². The average Bonchev–Trinajstić information content (AvgIpc) is 2.55. The van der Waals surface area contributed by atoms with Crippen molar-refractivity contribution in [3.05, 3.63) is 11.6 Å². The Morgan fingerprint density at radius 3 is 2.80 bits per heavy atom. The number of rotatable bonds is 3. The van der Waals surface area contributed by atoms with Crippen LogP contribution in [-0.2, 0) is 19.1 Å². The molecule has 15 heavy (non-hydrogen) atoms. The van der Waals surface area contributed by atoms with E-state index in [1.54, 1.807) is 13.0 Å². The summed E-state index contributed by atoms with van der Waals surface area (Å²) in [7, 11) is 1.35. The van der Waals surface area contributed by atoms with E-state index in [9.17, 15) is 9.59 Å². The molecule has 0 saturated carbocycles. The molecule has 0 bridgehead atoms. The number of hydrogen-bond donors (Lipinski definition) is 0. The van der Waals surface area contributed by atoms with Crippen molar-refractivity contribution in [3.63, 3.8) is 0 Å². The molecule has 1 heterocycles. The van der Waals surface area contributed by atoms with E-state index in [4.69, 9.17) is 4.74 Å². The fourth-order valence-electron chi connectivity index (χ4n) is 1.50. The van der Waals surface area contributed by atoms with E-state index < -0.39 is 0 Å². The normalized spacial score (nSPS) is 26.3. The van der Waals surface area contributed by atoms with Gasteiger partial charge in [0.2, 0.25) is 0 Å². The van der Waals surface area contributed by atoms with Crippen LogP contribution in [0.25, 0.3) is 0 Å². The van der Waals surface area contributed by atoms with Gasteiger partial charge in [-0.15, -0.1) is 0 Å². The molecule has 1 saturated heterocycles. The van der Waals surface area contributed by atoms with Gasteiger partial charge in [-0.1, -0.05) is 13.0 Å². The van der Waals surface area contributed by atoms with Gasteiger partial charge < -0.3 is 9.47 Å². The first-order valence-corrected chi connectivity index (χ1v) is 4.98. The van der Waals surface area contributed by atoms with Gasteiger partial charge in [-0.3, -0.25) is 4.79 Å². The second-order valence-corrected chi connectivity index (χ2v) is 3.79. The number of carbonyl (C=O) groups excluding carboxylic acids is 2. The summed E-state index contributed by atoms with van der Waals surface area (Å²) < 4.78 is 9.48. The zero-order valence-corrected chi connectivity index (χ0v) is 9.28. The smallest absolute Gasteiger partial charge is 0.333 e. The summed E-state index contributed by atoms with van der Waals surface area (Å²) in [6, 6.07) is 0. The Morgan fingerprint density at radius 2 is 2.33 bits per heavy atom. The number of ether oxygens (including phenoxy) is 2. The molecular weight excluding hydrogens is 196 g/mol. The highest BCUT2D eigenvalue weighted by molar-refractivity contribution is 5.87. The predicted molar refractivity (Wildman–Crippen MR) is 54.0 cm³/mol. The fourth-order valence-corrected chi connectivity index (χ4v) is 1.50.